The third-order valence-corrected chi connectivity index (χ3v) is 3.72. The van der Waals surface area contributed by atoms with Gasteiger partial charge < -0.3 is 4.74 Å². The summed E-state index contributed by atoms with van der Waals surface area (Å²) in [4.78, 5) is 12.3. The molecule has 0 N–H and O–H groups in total. The first-order valence-corrected chi connectivity index (χ1v) is 6.95. The lowest BCUT2D eigenvalue weighted by atomic mass is 10.0. The molecule has 0 atom stereocenters. The number of carbonyl (C=O) groups excluding carboxylic acids is 1. The number of benzene rings is 2. The molecule has 0 unspecified atom stereocenters. The van der Waals surface area contributed by atoms with Crippen LogP contribution in [-0.4, -0.2) is 12.4 Å². The number of aryl methyl sites for hydroxylation is 1. The van der Waals surface area contributed by atoms with Crippen LogP contribution in [0.5, 0.6) is 5.75 Å². The highest BCUT2D eigenvalue weighted by Gasteiger charge is 2.10. The van der Waals surface area contributed by atoms with Crippen LogP contribution in [0.1, 0.15) is 28.4 Å². The minimum atomic E-state index is 0.0174. The van der Waals surface area contributed by atoms with Crippen molar-refractivity contribution in [3.8, 4) is 5.75 Å². The second-order valence-corrected chi connectivity index (χ2v) is 5.10. The molecule has 2 nitrogen and oxygen atoms in total. The molecule has 0 fully saturated rings. The maximum atomic E-state index is 12.3. The smallest absolute Gasteiger partial charge is 0.193 e. The van der Waals surface area contributed by atoms with Crippen LogP contribution in [0.15, 0.2) is 46.9 Å². The van der Waals surface area contributed by atoms with Gasteiger partial charge in [0.2, 0.25) is 0 Å². The van der Waals surface area contributed by atoms with Crippen molar-refractivity contribution in [3.63, 3.8) is 0 Å². The number of hydrogen-bond donors (Lipinski definition) is 0. The predicted octanol–water partition coefficient (Wildman–Crippen LogP) is 4.39. The molecule has 0 saturated carbocycles. The number of rotatable bonds is 4. The first-order valence-electron chi connectivity index (χ1n) is 6.15. The van der Waals surface area contributed by atoms with E-state index in [0.717, 1.165) is 15.8 Å². The Labute approximate surface area is 121 Å². The largest absolute Gasteiger partial charge is 0.494 e. The van der Waals surface area contributed by atoms with Crippen molar-refractivity contribution in [1.29, 1.82) is 0 Å². The molecular formula is C16H15BrO2. The van der Waals surface area contributed by atoms with E-state index in [9.17, 15) is 4.79 Å². The number of ketones is 1. The fourth-order valence-corrected chi connectivity index (χ4v) is 2.15. The highest BCUT2D eigenvalue weighted by Crippen LogP contribution is 2.20. The van der Waals surface area contributed by atoms with Gasteiger partial charge in [0.25, 0.3) is 0 Å². The van der Waals surface area contributed by atoms with Gasteiger partial charge in [-0.2, -0.15) is 0 Å². The zero-order chi connectivity index (χ0) is 13.8. The summed E-state index contributed by atoms with van der Waals surface area (Å²) in [6, 6.07) is 12.9. The monoisotopic (exact) mass is 318 g/mol. The molecule has 0 heterocycles. The third kappa shape index (κ3) is 3.24. The van der Waals surface area contributed by atoms with Gasteiger partial charge in [0, 0.05) is 15.6 Å². The molecule has 0 aliphatic carbocycles. The van der Waals surface area contributed by atoms with E-state index in [1.165, 1.54) is 0 Å². The van der Waals surface area contributed by atoms with Crippen molar-refractivity contribution in [2.24, 2.45) is 0 Å². The minimum Gasteiger partial charge on any atom is -0.494 e. The molecular weight excluding hydrogens is 304 g/mol. The summed E-state index contributed by atoms with van der Waals surface area (Å²) in [5, 5.41) is 0. The van der Waals surface area contributed by atoms with Crippen LogP contribution in [0.3, 0.4) is 0 Å². The SMILES string of the molecule is CCOc1ccc(C(=O)c2ccc(C)c(Br)c2)cc1. The van der Waals surface area contributed by atoms with Crippen molar-refractivity contribution in [3.05, 3.63) is 63.6 Å². The summed E-state index contributed by atoms with van der Waals surface area (Å²) in [7, 11) is 0. The Hall–Kier alpha value is -1.61. The van der Waals surface area contributed by atoms with Gasteiger partial charge in [-0.05, 0) is 49.7 Å². The zero-order valence-corrected chi connectivity index (χ0v) is 12.5. The molecule has 0 radical (unpaired) electrons. The van der Waals surface area contributed by atoms with Gasteiger partial charge in [-0.25, -0.2) is 0 Å². The Bertz CT molecular complexity index is 588. The minimum absolute atomic E-state index is 0.0174. The van der Waals surface area contributed by atoms with E-state index < -0.39 is 0 Å². The Morgan fingerprint density at radius 3 is 2.32 bits per heavy atom. The summed E-state index contributed by atoms with van der Waals surface area (Å²) in [6.07, 6.45) is 0. The maximum absolute atomic E-state index is 12.3. The quantitative estimate of drug-likeness (QED) is 0.782. The van der Waals surface area contributed by atoms with Crippen LogP contribution in [0, 0.1) is 6.92 Å². The van der Waals surface area contributed by atoms with Gasteiger partial charge in [-0.1, -0.05) is 28.1 Å². The molecule has 0 aliphatic rings. The zero-order valence-electron chi connectivity index (χ0n) is 10.9. The van der Waals surface area contributed by atoms with E-state index in [0.29, 0.717) is 17.7 Å². The van der Waals surface area contributed by atoms with Crippen molar-refractivity contribution in [1.82, 2.24) is 0 Å². The molecule has 98 valence electrons. The van der Waals surface area contributed by atoms with E-state index in [4.69, 9.17) is 4.74 Å². The molecule has 2 aromatic carbocycles. The van der Waals surface area contributed by atoms with E-state index in [1.807, 2.05) is 44.2 Å². The van der Waals surface area contributed by atoms with Crippen LogP contribution in [-0.2, 0) is 0 Å². The molecule has 0 aromatic heterocycles. The van der Waals surface area contributed by atoms with Gasteiger partial charge in [0.05, 0.1) is 6.61 Å². The Morgan fingerprint density at radius 1 is 1.11 bits per heavy atom. The molecule has 0 saturated heterocycles. The first kappa shape index (κ1) is 13.8. The van der Waals surface area contributed by atoms with Crippen molar-refractivity contribution in [2.75, 3.05) is 6.61 Å². The Morgan fingerprint density at radius 2 is 1.74 bits per heavy atom. The maximum Gasteiger partial charge on any atom is 0.193 e. The number of ether oxygens (including phenoxy) is 1. The van der Waals surface area contributed by atoms with E-state index in [2.05, 4.69) is 15.9 Å². The van der Waals surface area contributed by atoms with Crippen LogP contribution < -0.4 is 4.74 Å². The second-order valence-electron chi connectivity index (χ2n) is 4.25. The predicted molar refractivity (Wildman–Crippen MR) is 79.9 cm³/mol. The van der Waals surface area contributed by atoms with E-state index in [-0.39, 0.29) is 5.78 Å². The summed E-state index contributed by atoms with van der Waals surface area (Å²) >= 11 is 3.45. The number of halogens is 1. The number of hydrogen-bond acceptors (Lipinski definition) is 2. The topological polar surface area (TPSA) is 26.3 Å². The fraction of sp³-hybridized carbons (Fsp3) is 0.188. The van der Waals surface area contributed by atoms with Crippen LogP contribution in [0.25, 0.3) is 0 Å². The average molecular weight is 319 g/mol. The third-order valence-electron chi connectivity index (χ3n) is 2.86. The van der Waals surface area contributed by atoms with Crippen LogP contribution in [0.4, 0.5) is 0 Å². The van der Waals surface area contributed by atoms with Crippen molar-refractivity contribution in [2.45, 2.75) is 13.8 Å². The van der Waals surface area contributed by atoms with Gasteiger partial charge in [0.1, 0.15) is 5.75 Å². The lowest BCUT2D eigenvalue weighted by molar-refractivity contribution is 0.103. The molecule has 0 spiro atoms. The lowest BCUT2D eigenvalue weighted by Crippen LogP contribution is -2.01. The van der Waals surface area contributed by atoms with E-state index >= 15 is 0 Å². The highest BCUT2D eigenvalue weighted by atomic mass is 79.9. The average Bonchev–Trinajstić information content (AvgIpc) is 2.42. The number of carbonyl (C=O) groups is 1. The first-order chi connectivity index (χ1) is 9.11. The molecule has 2 aromatic rings. The van der Waals surface area contributed by atoms with Crippen molar-refractivity contribution < 1.29 is 9.53 Å². The fourth-order valence-electron chi connectivity index (χ4n) is 1.77. The normalized spacial score (nSPS) is 10.3. The molecule has 0 amide bonds. The molecule has 3 heteroatoms. The second kappa shape index (κ2) is 6.02. The van der Waals surface area contributed by atoms with Crippen LogP contribution in [0.2, 0.25) is 0 Å². The van der Waals surface area contributed by atoms with Gasteiger partial charge in [-0.3, -0.25) is 4.79 Å². The van der Waals surface area contributed by atoms with Crippen molar-refractivity contribution >= 4 is 21.7 Å². The van der Waals surface area contributed by atoms with Gasteiger partial charge in [0.15, 0.2) is 5.78 Å². The van der Waals surface area contributed by atoms with Crippen LogP contribution >= 0.6 is 15.9 Å². The molecule has 19 heavy (non-hydrogen) atoms. The van der Waals surface area contributed by atoms with Gasteiger partial charge in [-0.15, -0.1) is 0 Å². The highest BCUT2D eigenvalue weighted by molar-refractivity contribution is 9.10. The summed E-state index contributed by atoms with van der Waals surface area (Å²) in [6.45, 7) is 4.55. The Balaban J connectivity index is 2.25. The summed E-state index contributed by atoms with van der Waals surface area (Å²) < 4.78 is 6.31. The summed E-state index contributed by atoms with van der Waals surface area (Å²) in [5.41, 5.74) is 2.46. The Kier molecular flexibility index (Phi) is 4.38. The molecule has 0 aliphatic heterocycles. The van der Waals surface area contributed by atoms with E-state index in [1.54, 1.807) is 12.1 Å². The lowest BCUT2D eigenvalue weighted by Gasteiger charge is -2.06. The summed E-state index contributed by atoms with van der Waals surface area (Å²) in [5.74, 6) is 0.799. The molecule has 2 rings (SSSR count). The standard InChI is InChI=1S/C16H15BrO2/c1-3-19-14-8-6-12(7-9-14)16(18)13-5-4-11(2)15(17)10-13/h4-10H,3H2,1-2H3. The molecule has 0 bridgehead atoms. The van der Waals surface area contributed by atoms with Gasteiger partial charge >= 0.3 is 0 Å².